The van der Waals surface area contributed by atoms with Crippen molar-refractivity contribution in [2.24, 2.45) is 0 Å². The minimum atomic E-state index is -3.74. The average molecular weight is 404 g/mol. The van der Waals surface area contributed by atoms with Crippen LogP contribution in [0.3, 0.4) is 0 Å². The van der Waals surface area contributed by atoms with Crippen LogP contribution < -0.4 is 15.4 Å². The Balaban J connectivity index is 1.65. The van der Waals surface area contributed by atoms with E-state index in [-0.39, 0.29) is 13.1 Å². The molecule has 148 valence electrons. The predicted molar refractivity (Wildman–Crippen MR) is 101 cm³/mol. The Morgan fingerprint density at radius 3 is 2.64 bits per heavy atom. The number of hydrogen-bond donors (Lipinski definition) is 2. The molecule has 1 fully saturated rings. The first kappa shape index (κ1) is 19.9. The fourth-order valence-corrected chi connectivity index (χ4v) is 4.67. The van der Waals surface area contributed by atoms with Crippen LogP contribution in [0.5, 0.6) is 5.88 Å². The number of carbonyl (C=O) groups is 2. The highest BCUT2D eigenvalue weighted by atomic mass is 32.2. The number of nitrogens with zero attached hydrogens (tertiary/aromatic N) is 2. The zero-order valence-electron chi connectivity index (χ0n) is 15.5. The molecule has 1 aromatic rings. The van der Waals surface area contributed by atoms with Gasteiger partial charge in [-0.1, -0.05) is 17.9 Å². The van der Waals surface area contributed by atoms with Gasteiger partial charge in [-0.2, -0.15) is 4.31 Å². The van der Waals surface area contributed by atoms with E-state index in [1.54, 1.807) is 24.4 Å². The van der Waals surface area contributed by atoms with Crippen molar-refractivity contribution in [1.82, 2.24) is 19.9 Å². The van der Waals surface area contributed by atoms with Crippen LogP contribution in [0.1, 0.15) is 18.9 Å². The van der Waals surface area contributed by atoms with Gasteiger partial charge < -0.3 is 10.1 Å². The summed E-state index contributed by atoms with van der Waals surface area (Å²) in [6.07, 6.45) is 3.82. The third kappa shape index (κ3) is 4.32. The molecular weight excluding hydrogens is 384 g/mol. The van der Waals surface area contributed by atoms with Gasteiger partial charge in [0.05, 0.1) is 12.9 Å². The summed E-state index contributed by atoms with van der Waals surface area (Å²) in [5, 5.41) is 4.44. The second-order valence-corrected chi connectivity index (χ2v) is 8.64. The Bertz CT molecular complexity index is 991. The van der Waals surface area contributed by atoms with Crippen LogP contribution in [0.2, 0.25) is 0 Å². The van der Waals surface area contributed by atoms with Gasteiger partial charge in [-0.3, -0.25) is 10.1 Å². The van der Waals surface area contributed by atoms with E-state index in [1.165, 1.54) is 18.3 Å². The lowest BCUT2D eigenvalue weighted by Crippen LogP contribution is -2.52. The topological polar surface area (TPSA) is 118 Å². The highest BCUT2D eigenvalue weighted by Gasteiger charge is 2.46. The molecule has 2 aliphatic heterocycles. The molecule has 0 unspecified atom stereocenters. The number of ether oxygens (including phenoxy) is 1. The highest BCUT2D eigenvalue weighted by Crippen LogP contribution is 2.19. The molecular formula is C18H20N4O5S. The normalized spacial score (nSPS) is 22.6. The molecule has 1 atom stereocenters. The summed E-state index contributed by atoms with van der Waals surface area (Å²) in [6.45, 7) is 1.82. The molecule has 2 N–H and O–H groups in total. The zero-order chi connectivity index (χ0) is 20.4. The molecule has 2 aliphatic rings. The van der Waals surface area contributed by atoms with E-state index in [2.05, 4.69) is 27.5 Å². The Morgan fingerprint density at radius 2 is 2.11 bits per heavy atom. The number of aromatic nitrogens is 1. The van der Waals surface area contributed by atoms with Gasteiger partial charge in [0.15, 0.2) is 0 Å². The van der Waals surface area contributed by atoms with Gasteiger partial charge >= 0.3 is 6.03 Å². The number of rotatable bonds is 4. The van der Waals surface area contributed by atoms with E-state index in [9.17, 15) is 18.0 Å². The maximum absolute atomic E-state index is 12.7. The molecule has 3 heterocycles. The summed E-state index contributed by atoms with van der Waals surface area (Å²) < 4.78 is 31.6. The summed E-state index contributed by atoms with van der Waals surface area (Å²) in [6, 6.07) is 2.82. The maximum atomic E-state index is 12.7. The number of nitrogens with one attached hydrogen (secondary N) is 2. The van der Waals surface area contributed by atoms with Gasteiger partial charge in [-0.25, -0.2) is 18.2 Å². The van der Waals surface area contributed by atoms with Crippen molar-refractivity contribution in [1.29, 1.82) is 0 Å². The van der Waals surface area contributed by atoms with E-state index in [4.69, 9.17) is 4.74 Å². The average Bonchev–Trinajstić information content (AvgIpc) is 2.91. The number of amides is 3. The molecule has 0 aliphatic carbocycles. The van der Waals surface area contributed by atoms with Gasteiger partial charge in [-0.05, 0) is 19.4 Å². The van der Waals surface area contributed by atoms with Crippen molar-refractivity contribution in [2.45, 2.75) is 18.9 Å². The van der Waals surface area contributed by atoms with Gasteiger partial charge in [0.2, 0.25) is 15.9 Å². The minimum absolute atomic E-state index is 0.166. The summed E-state index contributed by atoms with van der Waals surface area (Å²) in [5.41, 5.74) is 0.0919. The number of hydrogen-bond acceptors (Lipinski definition) is 6. The standard InChI is InChI=1S/C18H20N4O5S/c1-18(16(23)20-17(24)21-18)12-28(25,26)22-9-7-13(8-10-22)3-4-14-5-6-15(27-2)19-11-14/h5-7,11H,8-10,12H2,1-2H3,(H2,20,21,23,24)/t18-/m1/s1. The summed E-state index contributed by atoms with van der Waals surface area (Å²) in [7, 11) is -2.20. The smallest absolute Gasteiger partial charge is 0.322 e. The van der Waals surface area contributed by atoms with Crippen LogP contribution in [0, 0.1) is 11.8 Å². The Labute approximate surface area is 163 Å². The maximum Gasteiger partial charge on any atom is 0.322 e. The van der Waals surface area contributed by atoms with Crippen molar-refractivity contribution < 1.29 is 22.7 Å². The fourth-order valence-electron chi connectivity index (χ4n) is 2.88. The largest absolute Gasteiger partial charge is 0.481 e. The third-order valence-corrected chi connectivity index (χ3v) is 6.53. The Hall–Kier alpha value is -2.90. The minimum Gasteiger partial charge on any atom is -0.481 e. The van der Waals surface area contributed by atoms with E-state index in [0.717, 1.165) is 11.1 Å². The van der Waals surface area contributed by atoms with Crippen molar-refractivity contribution in [3.05, 3.63) is 35.5 Å². The van der Waals surface area contributed by atoms with E-state index in [0.29, 0.717) is 12.3 Å². The molecule has 10 heteroatoms. The lowest BCUT2D eigenvalue weighted by molar-refractivity contribution is -0.122. The number of imide groups is 1. The first-order valence-corrected chi connectivity index (χ1v) is 10.2. The molecule has 0 saturated carbocycles. The number of sulfonamides is 1. The molecule has 9 nitrogen and oxygen atoms in total. The fraction of sp³-hybridized carbons (Fsp3) is 0.389. The SMILES string of the molecule is COc1ccc(C#CC2=CCN(S(=O)(=O)C[C@@]3(C)NC(=O)NC3=O)CC2)cn1. The van der Waals surface area contributed by atoms with E-state index in [1.807, 2.05) is 0 Å². The van der Waals surface area contributed by atoms with Crippen molar-refractivity contribution >= 4 is 22.0 Å². The number of pyridine rings is 1. The predicted octanol–water partition coefficient (Wildman–Crippen LogP) is 0.00170. The first-order chi connectivity index (χ1) is 13.2. The van der Waals surface area contributed by atoms with Crippen LogP contribution >= 0.6 is 0 Å². The second kappa shape index (κ2) is 7.61. The molecule has 0 radical (unpaired) electrons. The molecule has 0 spiro atoms. The first-order valence-electron chi connectivity index (χ1n) is 8.54. The summed E-state index contributed by atoms with van der Waals surface area (Å²) in [4.78, 5) is 27.2. The van der Waals surface area contributed by atoms with Gasteiger partial charge in [0.1, 0.15) is 5.54 Å². The molecule has 0 aromatic carbocycles. The third-order valence-electron chi connectivity index (χ3n) is 4.47. The second-order valence-electron chi connectivity index (χ2n) is 6.67. The molecule has 3 rings (SSSR count). The Kier molecular flexibility index (Phi) is 5.40. The van der Waals surface area contributed by atoms with Crippen LogP contribution in [-0.2, 0) is 14.8 Å². The lowest BCUT2D eigenvalue weighted by Gasteiger charge is -2.28. The Morgan fingerprint density at radius 1 is 1.32 bits per heavy atom. The van der Waals surface area contributed by atoms with Crippen LogP contribution in [0.25, 0.3) is 0 Å². The monoisotopic (exact) mass is 404 g/mol. The van der Waals surface area contributed by atoms with E-state index >= 15 is 0 Å². The molecule has 3 amide bonds. The molecule has 0 bridgehead atoms. The lowest BCUT2D eigenvalue weighted by atomic mass is 10.1. The van der Waals surface area contributed by atoms with Gasteiger partial charge in [0, 0.05) is 36.5 Å². The van der Waals surface area contributed by atoms with Crippen LogP contribution in [0.4, 0.5) is 4.79 Å². The van der Waals surface area contributed by atoms with Crippen LogP contribution in [-0.4, -0.2) is 61.1 Å². The molecule has 1 saturated heterocycles. The van der Waals surface area contributed by atoms with Crippen molar-refractivity contribution in [3.8, 4) is 17.7 Å². The summed E-state index contributed by atoms with van der Waals surface area (Å²) >= 11 is 0. The number of carbonyl (C=O) groups excluding carboxylic acids is 2. The van der Waals surface area contributed by atoms with Gasteiger partial charge in [0.25, 0.3) is 5.91 Å². The number of urea groups is 1. The van der Waals surface area contributed by atoms with Gasteiger partial charge in [-0.15, -0.1) is 0 Å². The quantitative estimate of drug-likeness (QED) is 0.539. The summed E-state index contributed by atoms with van der Waals surface area (Å²) in [5.74, 6) is 5.38. The van der Waals surface area contributed by atoms with E-state index < -0.39 is 33.3 Å². The number of methoxy groups -OCH3 is 1. The molecule has 1 aromatic heterocycles. The van der Waals surface area contributed by atoms with Crippen molar-refractivity contribution in [2.75, 3.05) is 26.0 Å². The van der Waals surface area contributed by atoms with Crippen molar-refractivity contribution in [3.63, 3.8) is 0 Å². The van der Waals surface area contributed by atoms with Crippen LogP contribution in [0.15, 0.2) is 30.0 Å². The molecule has 28 heavy (non-hydrogen) atoms. The highest BCUT2D eigenvalue weighted by molar-refractivity contribution is 7.89. The zero-order valence-corrected chi connectivity index (χ0v) is 16.3.